The fourth-order valence-corrected chi connectivity index (χ4v) is 2.09. The van der Waals surface area contributed by atoms with Gasteiger partial charge in [0.05, 0.1) is 19.6 Å². The van der Waals surface area contributed by atoms with E-state index < -0.39 is 5.41 Å². The number of rotatable bonds is 6. The monoisotopic (exact) mass is 299 g/mol. The molecule has 1 rings (SSSR count). The minimum atomic E-state index is -0.581. The van der Waals surface area contributed by atoms with Gasteiger partial charge < -0.3 is 14.4 Å². The van der Waals surface area contributed by atoms with Crippen LogP contribution in [-0.2, 0) is 11.3 Å². The summed E-state index contributed by atoms with van der Waals surface area (Å²) in [6, 6.07) is 5.62. The van der Waals surface area contributed by atoms with Crippen LogP contribution < -0.4 is 9.47 Å². The fourth-order valence-electron chi connectivity index (χ4n) is 1.98. The van der Waals surface area contributed by atoms with Gasteiger partial charge in [0.15, 0.2) is 11.5 Å². The van der Waals surface area contributed by atoms with Crippen LogP contribution in [0.15, 0.2) is 18.2 Å². The number of para-hydroxylation sites is 1. The topological polar surface area (TPSA) is 38.8 Å². The Morgan fingerprint density at radius 3 is 2.45 bits per heavy atom. The summed E-state index contributed by atoms with van der Waals surface area (Å²) in [5.41, 5.74) is 0.315. The van der Waals surface area contributed by atoms with Crippen molar-refractivity contribution in [1.29, 1.82) is 0 Å². The number of hydrogen-bond acceptors (Lipinski definition) is 3. The maximum Gasteiger partial charge on any atom is 0.229 e. The van der Waals surface area contributed by atoms with E-state index >= 15 is 0 Å². The molecule has 0 atom stereocenters. The number of ether oxygens (including phenoxy) is 2. The highest BCUT2D eigenvalue weighted by Gasteiger charge is 2.30. The van der Waals surface area contributed by atoms with E-state index in [0.717, 1.165) is 5.56 Å². The van der Waals surface area contributed by atoms with Crippen molar-refractivity contribution in [3.05, 3.63) is 23.8 Å². The van der Waals surface area contributed by atoms with E-state index in [9.17, 15) is 4.79 Å². The Labute approximate surface area is 125 Å². The Bertz CT molecular complexity index is 474. The van der Waals surface area contributed by atoms with Crippen molar-refractivity contribution in [3.63, 3.8) is 0 Å². The predicted molar refractivity (Wildman–Crippen MR) is 80.5 cm³/mol. The molecule has 4 nitrogen and oxygen atoms in total. The van der Waals surface area contributed by atoms with Gasteiger partial charge in [0.1, 0.15) is 0 Å². The van der Waals surface area contributed by atoms with Crippen molar-refractivity contribution in [2.45, 2.75) is 20.4 Å². The molecule has 0 saturated carbocycles. The third-order valence-electron chi connectivity index (χ3n) is 3.15. The molecular formula is C15H22ClNO3. The molecule has 0 heterocycles. The van der Waals surface area contributed by atoms with Crippen LogP contribution in [0, 0.1) is 5.41 Å². The number of alkyl halides is 1. The second-order valence-electron chi connectivity index (χ2n) is 5.33. The molecule has 0 aromatic heterocycles. The second kappa shape index (κ2) is 6.84. The molecule has 1 aromatic rings. The van der Waals surface area contributed by atoms with E-state index in [4.69, 9.17) is 21.1 Å². The Kier molecular flexibility index (Phi) is 5.69. The van der Waals surface area contributed by atoms with E-state index in [1.54, 1.807) is 26.2 Å². The van der Waals surface area contributed by atoms with Gasteiger partial charge in [-0.05, 0) is 19.9 Å². The van der Waals surface area contributed by atoms with Gasteiger partial charge in [-0.1, -0.05) is 12.1 Å². The van der Waals surface area contributed by atoms with Gasteiger partial charge in [-0.2, -0.15) is 0 Å². The molecule has 0 bridgehead atoms. The lowest BCUT2D eigenvalue weighted by Crippen LogP contribution is -2.39. The van der Waals surface area contributed by atoms with Gasteiger partial charge in [-0.3, -0.25) is 4.79 Å². The number of methoxy groups -OCH3 is 2. The zero-order valence-electron chi connectivity index (χ0n) is 12.7. The maximum atomic E-state index is 12.3. The average Bonchev–Trinajstić information content (AvgIpc) is 2.45. The Balaban J connectivity index is 2.96. The summed E-state index contributed by atoms with van der Waals surface area (Å²) in [5, 5.41) is 0. The van der Waals surface area contributed by atoms with E-state index in [2.05, 4.69) is 0 Å². The quantitative estimate of drug-likeness (QED) is 0.758. The normalized spacial score (nSPS) is 11.1. The summed E-state index contributed by atoms with van der Waals surface area (Å²) in [7, 11) is 4.94. The highest BCUT2D eigenvalue weighted by atomic mass is 35.5. The third kappa shape index (κ3) is 3.57. The maximum absolute atomic E-state index is 12.3. The highest BCUT2D eigenvalue weighted by molar-refractivity contribution is 6.19. The fraction of sp³-hybridized carbons (Fsp3) is 0.533. The average molecular weight is 300 g/mol. The van der Waals surface area contributed by atoms with Gasteiger partial charge in [0.2, 0.25) is 5.91 Å². The van der Waals surface area contributed by atoms with Crippen LogP contribution in [0.4, 0.5) is 0 Å². The van der Waals surface area contributed by atoms with Crippen LogP contribution in [0.25, 0.3) is 0 Å². The van der Waals surface area contributed by atoms with Crippen molar-refractivity contribution in [2.24, 2.45) is 5.41 Å². The van der Waals surface area contributed by atoms with Crippen LogP contribution >= 0.6 is 11.6 Å². The van der Waals surface area contributed by atoms with Gasteiger partial charge in [0.25, 0.3) is 0 Å². The first kappa shape index (κ1) is 16.6. The number of hydrogen-bond donors (Lipinski definition) is 0. The molecule has 112 valence electrons. The van der Waals surface area contributed by atoms with Crippen molar-refractivity contribution < 1.29 is 14.3 Å². The van der Waals surface area contributed by atoms with Crippen molar-refractivity contribution in [3.8, 4) is 11.5 Å². The summed E-state index contributed by atoms with van der Waals surface area (Å²) in [5.74, 6) is 1.59. The summed E-state index contributed by atoms with van der Waals surface area (Å²) >= 11 is 5.85. The zero-order valence-corrected chi connectivity index (χ0v) is 13.5. The standard InChI is InChI=1S/C15H22ClNO3/c1-15(2,10-16)14(18)17(3)9-11-7-6-8-12(19-4)13(11)20-5/h6-8H,9-10H2,1-5H3. The highest BCUT2D eigenvalue weighted by Crippen LogP contribution is 2.32. The van der Waals surface area contributed by atoms with Crippen molar-refractivity contribution in [1.82, 2.24) is 4.90 Å². The molecule has 0 aliphatic carbocycles. The molecule has 0 aliphatic heterocycles. The number of halogens is 1. The smallest absolute Gasteiger partial charge is 0.229 e. The van der Waals surface area contributed by atoms with Crippen molar-refractivity contribution >= 4 is 17.5 Å². The third-order valence-corrected chi connectivity index (χ3v) is 3.82. The van der Waals surface area contributed by atoms with Crippen LogP contribution in [0.5, 0.6) is 11.5 Å². The van der Waals surface area contributed by atoms with Crippen LogP contribution in [0.3, 0.4) is 0 Å². The van der Waals surface area contributed by atoms with Gasteiger partial charge in [-0.25, -0.2) is 0 Å². The lowest BCUT2D eigenvalue weighted by atomic mass is 9.94. The van der Waals surface area contributed by atoms with E-state index in [1.807, 2.05) is 32.0 Å². The van der Waals surface area contributed by atoms with E-state index in [-0.39, 0.29) is 11.8 Å². The molecule has 0 spiro atoms. The Hall–Kier alpha value is -1.42. The first-order chi connectivity index (χ1) is 9.37. The summed E-state index contributed by atoms with van der Waals surface area (Å²) in [4.78, 5) is 14.0. The molecular weight excluding hydrogens is 278 g/mol. The van der Waals surface area contributed by atoms with Gasteiger partial charge in [-0.15, -0.1) is 11.6 Å². The molecule has 0 radical (unpaired) electrons. The van der Waals surface area contributed by atoms with Crippen LogP contribution in [-0.4, -0.2) is 38.0 Å². The molecule has 1 aromatic carbocycles. The second-order valence-corrected chi connectivity index (χ2v) is 5.60. The molecule has 0 unspecified atom stereocenters. The molecule has 0 aliphatic rings. The van der Waals surface area contributed by atoms with Crippen LogP contribution in [0.1, 0.15) is 19.4 Å². The number of carbonyl (C=O) groups excluding carboxylic acids is 1. The number of benzene rings is 1. The molecule has 20 heavy (non-hydrogen) atoms. The molecule has 0 N–H and O–H groups in total. The number of carbonyl (C=O) groups is 1. The largest absolute Gasteiger partial charge is 0.493 e. The lowest BCUT2D eigenvalue weighted by Gasteiger charge is -2.28. The van der Waals surface area contributed by atoms with Gasteiger partial charge in [0, 0.05) is 25.0 Å². The molecule has 1 amide bonds. The van der Waals surface area contributed by atoms with E-state index in [0.29, 0.717) is 18.0 Å². The minimum absolute atomic E-state index is 0.00243. The molecule has 5 heteroatoms. The number of amides is 1. The molecule has 0 saturated heterocycles. The predicted octanol–water partition coefficient (Wildman–Crippen LogP) is 2.93. The van der Waals surface area contributed by atoms with Crippen molar-refractivity contribution in [2.75, 3.05) is 27.1 Å². The van der Waals surface area contributed by atoms with Gasteiger partial charge >= 0.3 is 0 Å². The summed E-state index contributed by atoms with van der Waals surface area (Å²) in [6.07, 6.45) is 0. The SMILES string of the molecule is COc1cccc(CN(C)C(=O)C(C)(C)CCl)c1OC. The number of nitrogens with zero attached hydrogens (tertiary/aromatic N) is 1. The van der Waals surface area contributed by atoms with Crippen LogP contribution in [0.2, 0.25) is 0 Å². The molecule has 0 fully saturated rings. The Morgan fingerprint density at radius 2 is 1.95 bits per heavy atom. The Morgan fingerprint density at radius 1 is 1.30 bits per heavy atom. The first-order valence-electron chi connectivity index (χ1n) is 6.38. The lowest BCUT2D eigenvalue weighted by molar-refractivity contribution is -0.138. The minimum Gasteiger partial charge on any atom is -0.493 e. The van der Waals surface area contributed by atoms with E-state index in [1.165, 1.54) is 0 Å². The zero-order chi connectivity index (χ0) is 15.3. The summed E-state index contributed by atoms with van der Waals surface area (Å²) < 4.78 is 10.6. The first-order valence-corrected chi connectivity index (χ1v) is 6.92. The summed E-state index contributed by atoms with van der Waals surface area (Å²) in [6.45, 7) is 4.11.